The molecule has 0 aliphatic rings. The molecule has 0 aliphatic carbocycles. The highest BCUT2D eigenvalue weighted by Crippen LogP contribution is 2.14. The third-order valence-corrected chi connectivity index (χ3v) is 3.02. The van der Waals surface area contributed by atoms with Gasteiger partial charge < -0.3 is 10.1 Å². The van der Waals surface area contributed by atoms with Gasteiger partial charge in [-0.2, -0.15) is 5.26 Å². The van der Waals surface area contributed by atoms with Gasteiger partial charge in [0.05, 0.1) is 19.1 Å². The Kier molecular flexibility index (Phi) is 6.04. The first-order valence-electron chi connectivity index (χ1n) is 6.36. The molecule has 2 atom stereocenters. The predicted molar refractivity (Wildman–Crippen MR) is 73.4 cm³/mol. The number of nitrogens with zero attached hydrogens (tertiary/aromatic N) is 1. The maximum absolute atomic E-state index is 11.6. The second-order valence-electron chi connectivity index (χ2n) is 4.75. The van der Waals surface area contributed by atoms with Gasteiger partial charge in [-0.1, -0.05) is 44.2 Å². The highest BCUT2D eigenvalue weighted by atomic mass is 16.5. The standard InChI is InChI=1S/C15H20N2O2/c1-11(2)14(15(18)19-3)17-10-13(9-16)12-7-5-4-6-8-12/h4-8,11,13-14,17H,10H2,1-3H3. The lowest BCUT2D eigenvalue weighted by Crippen LogP contribution is -2.43. The predicted octanol–water partition coefficient (Wildman–Crippen LogP) is 2.08. The third kappa shape index (κ3) is 4.38. The van der Waals surface area contributed by atoms with Crippen LogP contribution < -0.4 is 5.32 Å². The quantitative estimate of drug-likeness (QED) is 0.795. The van der Waals surface area contributed by atoms with Crippen molar-refractivity contribution in [2.45, 2.75) is 25.8 Å². The number of nitriles is 1. The van der Waals surface area contributed by atoms with E-state index < -0.39 is 0 Å². The molecule has 4 heteroatoms. The van der Waals surface area contributed by atoms with Crippen molar-refractivity contribution in [3.63, 3.8) is 0 Å². The number of methoxy groups -OCH3 is 1. The largest absolute Gasteiger partial charge is 0.468 e. The molecule has 19 heavy (non-hydrogen) atoms. The second-order valence-corrected chi connectivity index (χ2v) is 4.75. The molecule has 4 nitrogen and oxygen atoms in total. The highest BCUT2D eigenvalue weighted by Gasteiger charge is 2.23. The summed E-state index contributed by atoms with van der Waals surface area (Å²) in [6, 6.07) is 11.4. The van der Waals surface area contributed by atoms with Crippen LogP contribution in [0.2, 0.25) is 0 Å². The van der Waals surface area contributed by atoms with Gasteiger partial charge in [-0.15, -0.1) is 0 Å². The summed E-state index contributed by atoms with van der Waals surface area (Å²) in [6.07, 6.45) is 0. The van der Waals surface area contributed by atoms with E-state index in [1.807, 2.05) is 44.2 Å². The number of nitrogens with one attached hydrogen (secondary N) is 1. The molecule has 0 radical (unpaired) electrons. The van der Waals surface area contributed by atoms with Crippen LogP contribution in [0, 0.1) is 17.2 Å². The van der Waals surface area contributed by atoms with Crippen LogP contribution in [-0.2, 0) is 9.53 Å². The van der Waals surface area contributed by atoms with Crippen LogP contribution in [0.15, 0.2) is 30.3 Å². The molecule has 1 aromatic rings. The number of carbonyl (C=O) groups excluding carboxylic acids is 1. The summed E-state index contributed by atoms with van der Waals surface area (Å²) in [5, 5.41) is 12.3. The lowest BCUT2D eigenvalue weighted by molar-refractivity contribution is -0.144. The molecule has 0 amide bonds. The minimum Gasteiger partial charge on any atom is -0.468 e. The number of carbonyl (C=O) groups is 1. The Bertz CT molecular complexity index is 437. The topological polar surface area (TPSA) is 62.1 Å². The molecular weight excluding hydrogens is 240 g/mol. The minimum absolute atomic E-state index is 0.113. The van der Waals surface area contributed by atoms with E-state index in [0.29, 0.717) is 6.54 Å². The van der Waals surface area contributed by atoms with Crippen LogP contribution in [0.5, 0.6) is 0 Å². The summed E-state index contributed by atoms with van der Waals surface area (Å²) >= 11 is 0. The van der Waals surface area contributed by atoms with Crippen molar-refractivity contribution in [3.8, 4) is 6.07 Å². The van der Waals surface area contributed by atoms with Crippen molar-refractivity contribution in [2.24, 2.45) is 5.92 Å². The molecule has 0 heterocycles. The van der Waals surface area contributed by atoms with Gasteiger partial charge in [0.2, 0.25) is 0 Å². The summed E-state index contributed by atoms with van der Waals surface area (Å²) in [5.41, 5.74) is 0.949. The molecule has 0 aliphatic heterocycles. The maximum atomic E-state index is 11.6. The van der Waals surface area contributed by atoms with Crippen LogP contribution in [0.4, 0.5) is 0 Å². The highest BCUT2D eigenvalue weighted by molar-refractivity contribution is 5.75. The summed E-state index contributed by atoms with van der Waals surface area (Å²) in [5.74, 6) is -0.450. The zero-order chi connectivity index (χ0) is 14.3. The third-order valence-electron chi connectivity index (χ3n) is 3.02. The van der Waals surface area contributed by atoms with Gasteiger partial charge in [-0.05, 0) is 11.5 Å². The average Bonchev–Trinajstić information content (AvgIpc) is 2.43. The minimum atomic E-state index is -0.385. The Morgan fingerprint density at radius 1 is 1.37 bits per heavy atom. The fourth-order valence-corrected chi connectivity index (χ4v) is 1.89. The first-order chi connectivity index (χ1) is 9.10. The molecule has 0 aromatic heterocycles. The molecule has 0 saturated heterocycles. The Hall–Kier alpha value is -1.86. The van der Waals surface area contributed by atoms with E-state index in [1.165, 1.54) is 7.11 Å². The zero-order valence-electron chi connectivity index (χ0n) is 11.6. The van der Waals surface area contributed by atoms with E-state index in [4.69, 9.17) is 4.74 Å². The molecule has 1 aromatic carbocycles. The number of benzene rings is 1. The molecule has 0 fully saturated rings. The summed E-state index contributed by atoms with van der Waals surface area (Å²) in [7, 11) is 1.37. The Morgan fingerprint density at radius 2 is 2.00 bits per heavy atom. The average molecular weight is 260 g/mol. The van der Waals surface area contributed by atoms with Crippen molar-refractivity contribution >= 4 is 5.97 Å². The fraction of sp³-hybridized carbons (Fsp3) is 0.467. The van der Waals surface area contributed by atoms with Crippen LogP contribution in [0.25, 0.3) is 0 Å². The SMILES string of the molecule is COC(=O)C(NCC(C#N)c1ccccc1)C(C)C. The lowest BCUT2D eigenvalue weighted by Gasteiger charge is -2.21. The monoisotopic (exact) mass is 260 g/mol. The van der Waals surface area contributed by atoms with Crippen molar-refractivity contribution in [3.05, 3.63) is 35.9 Å². The molecule has 0 saturated carbocycles. The van der Waals surface area contributed by atoms with E-state index in [1.54, 1.807) is 0 Å². The Balaban J connectivity index is 2.67. The van der Waals surface area contributed by atoms with Crippen molar-refractivity contribution in [1.82, 2.24) is 5.32 Å². The van der Waals surface area contributed by atoms with E-state index >= 15 is 0 Å². The van der Waals surface area contributed by atoms with Crippen molar-refractivity contribution in [1.29, 1.82) is 5.26 Å². The van der Waals surface area contributed by atoms with Gasteiger partial charge in [0, 0.05) is 6.54 Å². The van der Waals surface area contributed by atoms with Crippen molar-refractivity contribution < 1.29 is 9.53 Å². The molecule has 2 unspecified atom stereocenters. The molecule has 0 spiro atoms. The van der Waals surface area contributed by atoms with Crippen molar-refractivity contribution in [2.75, 3.05) is 13.7 Å². The number of esters is 1. The first-order valence-corrected chi connectivity index (χ1v) is 6.36. The Labute approximate surface area is 114 Å². The second kappa shape index (κ2) is 7.55. The zero-order valence-corrected chi connectivity index (χ0v) is 11.6. The van der Waals surface area contributed by atoms with Gasteiger partial charge in [0.15, 0.2) is 0 Å². The number of hydrogen-bond donors (Lipinski definition) is 1. The molecular formula is C15H20N2O2. The number of rotatable bonds is 6. The van der Waals surface area contributed by atoms with E-state index in [-0.39, 0.29) is 23.8 Å². The molecule has 1 rings (SSSR count). The maximum Gasteiger partial charge on any atom is 0.323 e. The van der Waals surface area contributed by atoms with Gasteiger partial charge >= 0.3 is 5.97 Å². The smallest absolute Gasteiger partial charge is 0.323 e. The lowest BCUT2D eigenvalue weighted by atomic mass is 9.98. The van der Waals surface area contributed by atoms with Crippen LogP contribution in [0.1, 0.15) is 25.3 Å². The first kappa shape index (κ1) is 15.2. The normalized spacial score (nSPS) is 13.6. The molecule has 0 bridgehead atoms. The molecule has 102 valence electrons. The van der Waals surface area contributed by atoms with Crippen LogP contribution >= 0.6 is 0 Å². The molecule has 1 N–H and O–H groups in total. The van der Waals surface area contributed by atoms with Gasteiger partial charge in [-0.3, -0.25) is 4.79 Å². The van der Waals surface area contributed by atoms with E-state index in [9.17, 15) is 10.1 Å². The van der Waals surface area contributed by atoms with Gasteiger partial charge in [0.1, 0.15) is 6.04 Å². The Morgan fingerprint density at radius 3 is 2.47 bits per heavy atom. The fourth-order valence-electron chi connectivity index (χ4n) is 1.89. The summed E-state index contributed by atoms with van der Waals surface area (Å²) in [6.45, 7) is 4.31. The number of hydrogen-bond acceptors (Lipinski definition) is 4. The van der Waals surface area contributed by atoms with E-state index in [0.717, 1.165) is 5.56 Å². The summed E-state index contributed by atoms with van der Waals surface area (Å²) < 4.78 is 4.76. The summed E-state index contributed by atoms with van der Waals surface area (Å²) in [4.78, 5) is 11.6. The van der Waals surface area contributed by atoms with Gasteiger partial charge in [-0.25, -0.2) is 0 Å². The van der Waals surface area contributed by atoms with Gasteiger partial charge in [0.25, 0.3) is 0 Å². The van der Waals surface area contributed by atoms with Crippen LogP contribution in [-0.4, -0.2) is 25.7 Å². The number of ether oxygens (including phenoxy) is 1. The van der Waals surface area contributed by atoms with E-state index in [2.05, 4.69) is 11.4 Å². The van der Waals surface area contributed by atoms with Crippen LogP contribution in [0.3, 0.4) is 0 Å².